The standard InChI is InChI=1S/C60H99NO40S2/c1-20(67)3-5-87-7-8-88-6-4-23(68)9-22(53(83)84)16-102-18-31-52-39(76)45(82)60(95-31)100-49-26(12-63)90-55(40(77)34(49)71)96-46-21(11-62)10-25(32(69)33(46)70)89-51-30(19-103-17-24(61-2)54(85)86)94-59(44(81)38(51)75)99-50-29(15-66)92-57(42(79)36(50)73)97-47-27(13-64)91-56(41(78)35(47)72)98-48-28(14-65)93-58(101-52)43(80)37(48)74/h21-22,24-52,55-66,69-82H,3-19H2,1-2H3,(H,83,84)(H,85,86)/t21?,22-,24-,25-,26?,27?,28?,29?,30?,31?,32?,33-,34-,35-,36-,37-,38-,39-,40?,41?,42?,43?,44?,45?,46-,47-,48-,49-,50-,51-,52-,55+,56-,57-,58-,59+,60-/m1/s1. The van der Waals surface area contributed by atoms with E-state index < -0.39 is 296 Å². The van der Waals surface area contributed by atoms with Gasteiger partial charge in [-0.3, -0.25) is 19.2 Å². The monoisotopic (exact) mass is 1540 g/mol. The third kappa shape index (κ3) is 21.0. The molecule has 596 valence electrons. The van der Waals surface area contributed by atoms with Crippen LogP contribution in [0.15, 0.2) is 0 Å². The van der Waals surface area contributed by atoms with Crippen LogP contribution in [0.1, 0.15) is 32.6 Å². The molecule has 0 spiro atoms. The Labute approximate surface area is 596 Å². The minimum atomic E-state index is -2.30. The first-order chi connectivity index (χ1) is 49.0. The Morgan fingerprint density at radius 3 is 1.04 bits per heavy atom. The normalized spacial score (nSPS) is 44.9. The molecule has 20 saturated heterocycles. The molecular weight excluding hydrogens is 1440 g/mol. The highest BCUT2D eigenvalue weighted by atomic mass is 32.2. The molecule has 103 heavy (non-hydrogen) atoms. The Morgan fingerprint density at radius 1 is 0.388 bits per heavy atom. The van der Waals surface area contributed by atoms with Crippen LogP contribution in [0.25, 0.3) is 0 Å². The quantitative estimate of drug-likeness (QED) is 0.0340. The van der Waals surface area contributed by atoms with Crippen LogP contribution >= 0.6 is 23.5 Å². The van der Waals surface area contributed by atoms with Crippen molar-refractivity contribution >= 4 is 47.0 Å². The van der Waals surface area contributed by atoms with E-state index in [2.05, 4.69) is 5.32 Å². The number of ether oxygens (including phenoxy) is 15. The molecular formula is C60H99NO40S2. The number of hydrogen-bond donors (Lipinski definition) is 22. The summed E-state index contributed by atoms with van der Waals surface area (Å²) in [5, 5.41) is 240. The number of ketones is 2. The summed E-state index contributed by atoms with van der Waals surface area (Å²) in [5.41, 5.74) is 0. The van der Waals surface area contributed by atoms with Crippen LogP contribution in [-0.4, -0.2) is 435 Å². The lowest BCUT2D eigenvalue weighted by atomic mass is 9.80. The second kappa shape index (κ2) is 40.0. The number of aliphatic carboxylic acids is 2. The number of rotatable bonds is 27. The van der Waals surface area contributed by atoms with Gasteiger partial charge in [0.25, 0.3) is 0 Å². The van der Waals surface area contributed by atoms with E-state index in [9.17, 15) is 126 Å². The molecule has 37 atom stereocenters. The van der Waals surface area contributed by atoms with Gasteiger partial charge in [-0.25, -0.2) is 0 Å². The van der Waals surface area contributed by atoms with Crippen LogP contribution in [0.4, 0.5) is 0 Å². The van der Waals surface area contributed by atoms with Crippen LogP contribution < -0.4 is 5.32 Å². The van der Waals surface area contributed by atoms with Crippen LogP contribution in [-0.2, 0) is 90.2 Å². The van der Waals surface area contributed by atoms with Crippen molar-refractivity contribution in [2.24, 2.45) is 11.8 Å². The number of aliphatic hydroxyl groups is 19. The molecule has 21 fully saturated rings. The zero-order valence-electron chi connectivity index (χ0n) is 55.8. The maximum absolute atomic E-state index is 13.0. The summed E-state index contributed by atoms with van der Waals surface area (Å²) in [6.07, 6.45) is -69.8. The summed E-state index contributed by atoms with van der Waals surface area (Å²) in [5.74, 6) is -7.24. The SMILES string of the molecule is CN[C@H](CSCC1O[C@H]2O[C@@H]3C(CO)O[C@H](O[C@@H]4C(CO)O[C@H](O[C@@H]5C(CO)O[C@H](O[C@@H]6C(CSC[C@@H](CC(=O)CCOCCOCCC(C)=O)C(=O)O)O[C@H](O[C@@H]7C(CO)O[C@@H](O[C@@H]8C(CO)C[C@@H](O[C@H]1[C@H](O)C2O)C(O)[C@H]8O)C(O)[C@H]7O)C(O)[C@H]6O)C(O)[C@H]5O)C(O)[C@H]4O)C(O)[C@H]3O)C(=O)O. The molecule has 0 amide bonds. The molecule has 1 saturated carbocycles. The molecule has 0 aromatic rings. The molecule has 14 unspecified atom stereocenters. The smallest absolute Gasteiger partial charge is 0.321 e. The van der Waals surface area contributed by atoms with Crippen molar-refractivity contribution in [2.75, 3.05) is 89.5 Å². The van der Waals surface area contributed by atoms with Gasteiger partial charge in [0.05, 0.1) is 83.2 Å². The Balaban J connectivity index is 1.08. The van der Waals surface area contributed by atoms with E-state index in [-0.39, 0.29) is 62.3 Å². The van der Waals surface area contributed by atoms with Crippen molar-refractivity contribution in [3.63, 3.8) is 0 Å². The number of nitrogens with one attached hydrogen (secondary N) is 1. The number of aliphatic hydroxyl groups excluding tert-OH is 19. The minimum absolute atomic E-state index is 0.0687. The molecule has 41 nitrogen and oxygen atoms in total. The fourth-order valence-corrected chi connectivity index (χ4v) is 15.5. The summed E-state index contributed by atoms with van der Waals surface area (Å²) in [6, 6.07) is -1.16. The number of likely N-dealkylation sites (N-methyl/N-ethyl adjacent to an activating group) is 1. The number of thioether (sulfide) groups is 2. The molecule has 20 aliphatic heterocycles. The van der Waals surface area contributed by atoms with Crippen molar-refractivity contribution in [1.29, 1.82) is 0 Å². The van der Waals surface area contributed by atoms with E-state index in [0.29, 0.717) is 0 Å². The first-order valence-electron chi connectivity index (χ1n) is 33.6. The van der Waals surface area contributed by atoms with Crippen LogP contribution in [0, 0.1) is 11.8 Å². The van der Waals surface area contributed by atoms with Gasteiger partial charge >= 0.3 is 11.9 Å². The maximum Gasteiger partial charge on any atom is 0.321 e. The number of carboxylic acids is 2. The van der Waals surface area contributed by atoms with Gasteiger partial charge in [-0.15, -0.1) is 0 Å². The lowest BCUT2D eigenvalue weighted by molar-refractivity contribution is -0.395. The fraction of sp³-hybridized carbons (Fsp3) is 0.933. The number of carboxylic acid groups (broad SMARTS) is 2. The molecule has 0 radical (unpaired) electrons. The zero-order valence-corrected chi connectivity index (χ0v) is 57.5. The van der Waals surface area contributed by atoms with Crippen LogP contribution in [0.3, 0.4) is 0 Å². The Hall–Kier alpha value is -2.42. The molecule has 43 heteroatoms. The Bertz CT molecular complexity index is 2610. The van der Waals surface area contributed by atoms with Crippen LogP contribution in [0.5, 0.6) is 0 Å². The minimum Gasteiger partial charge on any atom is -0.481 e. The van der Waals surface area contributed by atoms with Gasteiger partial charge in [0.2, 0.25) is 0 Å². The van der Waals surface area contributed by atoms with Gasteiger partial charge in [0, 0.05) is 54.8 Å². The van der Waals surface area contributed by atoms with Gasteiger partial charge in [-0.05, 0) is 20.4 Å². The van der Waals surface area contributed by atoms with Crippen molar-refractivity contribution in [3.05, 3.63) is 0 Å². The summed E-state index contributed by atoms with van der Waals surface area (Å²) < 4.78 is 88.1. The zero-order chi connectivity index (χ0) is 75.4. The number of hydrogen-bond acceptors (Lipinski definition) is 41. The van der Waals surface area contributed by atoms with E-state index in [0.717, 1.165) is 23.5 Å². The van der Waals surface area contributed by atoms with Crippen molar-refractivity contribution < 1.29 is 197 Å². The Morgan fingerprint density at radius 2 is 0.709 bits per heavy atom. The fourth-order valence-electron chi connectivity index (χ4n) is 13.1. The first kappa shape index (κ1) is 86.2. The summed E-state index contributed by atoms with van der Waals surface area (Å²) in [4.78, 5) is 48.8. The largest absolute Gasteiger partial charge is 0.481 e. The van der Waals surface area contributed by atoms with E-state index in [1.807, 2.05) is 0 Å². The van der Waals surface area contributed by atoms with Crippen molar-refractivity contribution in [1.82, 2.24) is 5.32 Å². The van der Waals surface area contributed by atoms with Crippen molar-refractivity contribution in [3.8, 4) is 0 Å². The van der Waals surface area contributed by atoms with E-state index >= 15 is 0 Å². The predicted molar refractivity (Wildman–Crippen MR) is 335 cm³/mol. The maximum atomic E-state index is 13.0. The second-order valence-electron chi connectivity index (χ2n) is 26.2. The van der Waals surface area contributed by atoms with Gasteiger partial charge in [0.15, 0.2) is 37.7 Å². The third-order valence-electron chi connectivity index (χ3n) is 19.1. The van der Waals surface area contributed by atoms with E-state index in [4.69, 9.17) is 71.1 Å². The van der Waals surface area contributed by atoms with Gasteiger partial charge in [0.1, 0.15) is 164 Å². The lowest BCUT2D eigenvalue weighted by Crippen LogP contribution is -2.68. The number of carbonyl (C=O) groups is 4. The van der Waals surface area contributed by atoms with Crippen molar-refractivity contribution in [2.45, 2.75) is 247 Å². The molecule has 22 N–H and O–H groups in total. The summed E-state index contributed by atoms with van der Waals surface area (Å²) in [7, 11) is 1.37. The molecule has 1 aliphatic carbocycles. The van der Waals surface area contributed by atoms with E-state index in [1.165, 1.54) is 14.0 Å². The van der Waals surface area contributed by atoms with Gasteiger partial charge < -0.3 is 184 Å². The van der Waals surface area contributed by atoms with Gasteiger partial charge in [-0.2, -0.15) is 23.5 Å². The third-order valence-corrected chi connectivity index (χ3v) is 21.4. The molecule has 21 rings (SSSR count). The molecule has 21 aliphatic rings. The Kier molecular flexibility index (Phi) is 33.5. The molecule has 0 aromatic heterocycles. The highest BCUT2D eigenvalue weighted by Gasteiger charge is 2.60. The average molecular weight is 1540 g/mol. The lowest BCUT2D eigenvalue weighted by Gasteiger charge is -2.50. The molecule has 0 aromatic carbocycles. The average Bonchev–Trinajstić information content (AvgIpc) is 0.785. The molecule has 20 heterocycles. The topological polar surface area (TPSA) is 644 Å². The predicted octanol–water partition coefficient (Wildman–Crippen LogP) is -12.4. The highest BCUT2D eigenvalue weighted by Crippen LogP contribution is 2.41. The summed E-state index contributed by atoms with van der Waals surface area (Å²) >= 11 is 1.71. The first-order valence-corrected chi connectivity index (χ1v) is 35.9. The number of Topliss-reactive ketones (excluding diaryl/α,β-unsaturated/α-hetero) is 2. The second-order valence-corrected chi connectivity index (χ2v) is 28.4. The van der Waals surface area contributed by atoms with E-state index in [1.54, 1.807) is 0 Å². The molecule has 14 bridgehead atoms. The summed E-state index contributed by atoms with van der Waals surface area (Å²) in [6.45, 7) is -3.60. The van der Waals surface area contributed by atoms with Crippen LogP contribution in [0.2, 0.25) is 0 Å². The van der Waals surface area contributed by atoms with Gasteiger partial charge in [-0.1, -0.05) is 0 Å². The highest BCUT2D eigenvalue weighted by molar-refractivity contribution is 7.99. The number of carbonyl (C=O) groups excluding carboxylic acids is 2.